The average Bonchev–Trinajstić information content (AvgIpc) is 2.64. The first kappa shape index (κ1) is 23.3. The van der Waals surface area contributed by atoms with Gasteiger partial charge in [-0.2, -0.15) is 10.5 Å². The van der Waals surface area contributed by atoms with Crippen molar-refractivity contribution in [1.82, 2.24) is 4.90 Å². The van der Waals surface area contributed by atoms with Gasteiger partial charge in [-0.25, -0.2) is 0 Å². The monoisotopic (exact) mass is 343 g/mol. The molecule has 0 heterocycles. The Morgan fingerprint density at radius 3 is 2.12 bits per heavy atom. The van der Waals surface area contributed by atoms with Crippen molar-refractivity contribution in [3.63, 3.8) is 0 Å². The van der Waals surface area contributed by atoms with E-state index in [1.807, 2.05) is 18.2 Å². The molecule has 0 rings (SSSR count). The number of rotatable bonds is 14. The first-order valence-corrected chi connectivity index (χ1v) is 10.1. The maximum Gasteiger partial charge on any atom is 0.129 e. The summed E-state index contributed by atoms with van der Waals surface area (Å²) in [5.41, 5.74) is 0.160. The van der Waals surface area contributed by atoms with Crippen LogP contribution in [0.1, 0.15) is 85.5 Å². The van der Waals surface area contributed by atoms with Gasteiger partial charge in [-0.15, -0.1) is 0 Å². The van der Waals surface area contributed by atoms with Crippen LogP contribution in [0.3, 0.4) is 0 Å². The highest BCUT2D eigenvalue weighted by molar-refractivity contribution is 5.37. The van der Waals surface area contributed by atoms with Crippen molar-refractivity contribution in [2.45, 2.75) is 91.5 Å². The molecule has 0 aromatic rings. The summed E-state index contributed by atoms with van der Waals surface area (Å²) < 4.78 is 0. The second-order valence-corrected chi connectivity index (χ2v) is 6.82. The Labute approximate surface area is 156 Å². The summed E-state index contributed by atoms with van der Waals surface area (Å²) in [6.45, 7) is 10.1. The summed E-state index contributed by atoms with van der Waals surface area (Å²) in [4.78, 5) is 2.46. The van der Waals surface area contributed by atoms with E-state index >= 15 is 0 Å². The van der Waals surface area contributed by atoms with E-state index in [4.69, 9.17) is 10.5 Å². The third-order valence-electron chi connectivity index (χ3n) is 4.87. The molecule has 0 aliphatic heterocycles. The van der Waals surface area contributed by atoms with Gasteiger partial charge in [0.15, 0.2) is 0 Å². The van der Waals surface area contributed by atoms with Gasteiger partial charge in [-0.05, 0) is 43.5 Å². The fourth-order valence-electron chi connectivity index (χ4n) is 3.13. The maximum absolute atomic E-state index is 8.88. The molecule has 0 aliphatic carbocycles. The molecule has 2 atom stereocenters. The molecule has 0 radical (unpaired) electrons. The zero-order valence-electron chi connectivity index (χ0n) is 16.8. The molecule has 0 fully saturated rings. The Hall–Kier alpha value is -1.74. The minimum Gasteiger partial charge on any atom is -0.374 e. The van der Waals surface area contributed by atoms with E-state index in [0.717, 1.165) is 13.0 Å². The molecule has 0 aromatic carbocycles. The van der Waals surface area contributed by atoms with Crippen LogP contribution in [0.2, 0.25) is 0 Å². The largest absolute Gasteiger partial charge is 0.374 e. The molecule has 0 saturated carbocycles. The highest BCUT2D eigenvalue weighted by Crippen LogP contribution is 2.20. The summed E-state index contributed by atoms with van der Waals surface area (Å²) in [7, 11) is 0. The Morgan fingerprint density at radius 2 is 1.60 bits per heavy atom. The molecule has 25 heavy (non-hydrogen) atoms. The van der Waals surface area contributed by atoms with Crippen LogP contribution in [0.4, 0.5) is 0 Å². The van der Waals surface area contributed by atoms with Gasteiger partial charge < -0.3 is 4.90 Å². The molecule has 0 amide bonds. The first-order valence-electron chi connectivity index (χ1n) is 10.1. The van der Waals surface area contributed by atoms with Gasteiger partial charge in [0.05, 0.1) is 0 Å². The predicted octanol–water partition coefficient (Wildman–Crippen LogP) is 6.35. The van der Waals surface area contributed by atoms with Crippen molar-refractivity contribution >= 4 is 0 Å². The van der Waals surface area contributed by atoms with Crippen molar-refractivity contribution in [1.29, 1.82) is 10.5 Å². The molecule has 0 saturated heterocycles. The topological polar surface area (TPSA) is 50.8 Å². The standard InChI is InChI=1S/C22H37N3/c1-5-9-11-15-22(8-4)25(16-12-14-21(17-23)18-24)19-20(7-3)13-10-6-2/h12,14,16,20,22H,5-11,13,15,19H2,1-4H3/b16-12+. The van der Waals surface area contributed by atoms with Gasteiger partial charge in [0.2, 0.25) is 0 Å². The number of hydrogen-bond donors (Lipinski definition) is 0. The molecule has 2 unspecified atom stereocenters. The van der Waals surface area contributed by atoms with Crippen LogP contribution in [0, 0.1) is 28.6 Å². The van der Waals surface area contributed by atoms with E-state index in [2.05, 4.69) is 38.8 Å². The van der Waals surface area contributed by atoms with Crippen molar-refractivity contribution in [3.05, 3.63) is 23.9 Å². The predicted molar refractivity (Wildman–Crippen MR) is 107 cm³/mol. The molecule has 3 nitrogen and oxygen atoms in total. The van der Waals surface area contributed by atoms with E-state index in [1.54, 1.807) is 6.08 Å². The molecule has 0 bridgehead atoms. The van der Waals surface area contributed by atoms with Crippen LogP contribution in [0.5, 0.6) is 0 Å². The van der Waals surface area contributed by atoms with E-state index in [1.165, 1.54) is 51.4 Å². The summed E-state index contributed by atoms with van der Waals surface area (Å²) in [5.74, 6) is 0.709. The fourth-order valence-corrected chi connectivity index (χ4v) is 3.13. The molecular weight excluding hydrogens is 306 g/mol. The molecule has 0 aliphatic rings. The molecule has 140 valence electrons. The lowest BCUT2D eigenvalue weighted by Gasteiger charge is -2.33. The quantitative estimate of drug-likeness (QED) is 0.210. The summed E-state index contributed by atoms with van der Waals surface area (Å²) in [5, 5.41) is 17.8. The van der Waals surface area contributed by atoms with E-state index in [-0.39, 0.29) is 5.57 Å². The van der Waals surface area contributed by atoms with Gasteiger partial charge in [0, 0.05) is 12.6 Å². The van der Waals surface area contributed by atoms with Gasteiger partial charge >= 0.3 is 0 Å². The summed E-state index contributed by atoms with van der Waals surface area (Å²) in [6.07, 6.45) is 16.8. The summed E-state index contributed by atoms with van der Waals surface area (Å²) >= 11 is 0. The zero-order valence-corrected chi connectivity index (χ0v) is 16.8. The highest BCUT2D eigenvalue weighted by atomic mass is 15.1. The molecule has 3 heteroatoms. The van der Waals surface area contributed by atoms with Gasteiger partial charge in [-0.1, -0.05) is 66.2 Å². The normalized spacial score (nSPS) is 13.0. The van der Waals surface area contributed by atoms with Crippen LogP contribution in [-0.2, 0) is 0 Å². The number of nitrogens with zero attached hydrogens (tertiary/aromatic N) is 3. The molecule has 0 N–H and O–H groups in total. The van der Waals surface area contributed by atoms with Crippen molar-refractivity contribution in [2.75, 3.05) is 6.54 Å². The highest BCUT2D eigenvalue weighted by Gasteiger charge is 2.17. The maximum atomic E-state index is 8.88. The van der Waals surface area contributed by atoms with Gasteiger partial charge in [-0.3, -0.25) is 0 Å². The van der Waals surface area contributed by atoms with Crippen LogP contribution in [0.25, 0.3) is 0 Å². The van der Waals surface area contributed by atoms with Crippen molar-refractivity contribution in [2.24, 2.45) is 5.92 Å². The first-order chi connectivity index (χ1) is 12.2. The molecule has 0 spiro atoms. The SMILES string of the molecule is CCCCCC(CC)N(/C=C/C=C(C#N)C#N)CC(CC)CCCC. The van der Waals surface area contributed by atoms with E-state index in [9.17, 15) is 0 Å². The number of allylic oxidation sites excluding steroid dienone is 3. The smallest absolute Gasteiger partial charge is 0.129 e. The lowest BCUT2D eigenvalue weighted by molar-refractivity contribution is 0.206. The third-order valence-corrected chi connectivity index (χ3v) is 4.87. The Bertz CT molecular complexity index is 449. The Morgan fingerprint density at radius 1 is 0.920 bits per heavy atom. The van der Waals surface area contributed by atoms with E-state index in [0.29, 0.717) is 12.0 Å². The van der Waals surface area contributed by atoms with Crippen LogP contribution >= 0.6 is 0 Å². The number of hydrogen-bond acceptors (Lipinski definition) is 3. The van der Waals surface area contributed by atoms with Crippen molar-refractivity contribution in [3.8, 4) is 12.1 Å². The second kappa shape index (κ2) is 15.8. The lowest BCUT2D eigenvalue weighted by atomic mass is 9.96. The van der Waals surface area contributed by atoms with E-state index < -0.39 is 0 Å². The fraction of sp³-hybridized carbons (Fsp3) is 0.727. The van der Waals surface area contributed by atoms with Crippen LogP contribution < -0.4 is 0 Å². The summed E-state index contributed by atoms with van der Waals surface area (Å²) in [6, 6.07) is 4.38. The third kappa shape index (κ3) is 10.7. The lowest BCUT2D eigenvalue weighted by Crippen LogP contribution is -2.34. The average molecular weight is 344 g/mol. The number of nitriles is 2. The zero-order chi connectivity index (χ0) is 18.9. The van der Waals surface area contributed by atoms with Crippen LogP contribution in [-0.4, -0.2) is 17.5 Å². The van der Waals surface area contributed by atoms with Gasteiger partial charge in [0.1, 0.15) is 17.7 Å². The Kier molecular flexibility index (Phi) is 14.7. The second-order valence-electron chi connectivity index (χ2n) is 6.82. The molecule has 0 aromatic heterocycles. The van der Waals surface area contributed by atoms with Crippen LogP contribution in [0.15, 0.2) is 23.9 Å². The van der Waals surface area contributed by atoms with Crippen molar-refractivity contribution < 1.29 is 0 Å². The minimum atomic E-state index is 0.160. The Balaban J connectivity index is 5.12. The molecular formula is C22H37N3. The van der Waals surface area contributed by atoms with Gasteiger partial charge in [0.25, 0.3) is 0 Å². The number of unbranched alkanes of at least 4 members (excludes halogenated alkanes) is 3. The minimum absolute atomic E-state index is 0.160.